The molecule has 1 aromatic carbocycles. The Morgan fingerprint density at radius 1 is 1.22 bits per heavy atom. The van der Waals surface area contributed by atoms with Crippen LogP contribution < -0.4 is 15.1 Å². The number of hydrogen-bond donors (Lipinski definition) is 2. The van der Waals surface area contributed by atoms with Crippen molar-refractivity contribution in [2.24, 2.45) is 10.1 Å². The number of nitrogens with zero attached hydrogens (tertiary/aromatic N) is 5. The van der Waals surface area contributed by atoms with E-state index in [1.54, 1.807) is 50.4 Å². The monoisotopic (exact) mass is 471 g/mol. The summed E-state index contributed by atoms with van der Waals surface area (Å²) in [6, 6.07) is 10.5. The molecule has 11 nitrogen and oxygen atoms in total. The molecular weight excluding hydrogens is 454 g/mol. The van der Waals surface area contributed by atoms with Gasteiger partial charge in [0.25, 0.3) is 15.6 Å². The Morgan fingerprint density at radius 3 is 2.69 bits per heavy atom. The number of hydrogen-bond acceptors (Lipinski definition) is 9. The fraction of sp³-hybridized carbons (Fsp3) is 0.105. The fourth-order valence-corrected chi connectivity index (χ4v) is 4.30. The zero-order valence-corrected chi connectivity index (χ0v) is 18.5. The molecule has 32 heavy (non-hydrogen) atoms. The zero-order chi connectivity index (χ0) is 22.7. The highest BCUT2D eigenvalue weighted by atomic mass is 32.2. The lowest BCUT2D eigenvalue weighted by molar-refractivity contribution is 0.415. The number of aryl methyl sites for hydroxylation is 1. The van der Waals surface area contributed by atoms with E-state index in [0.29, 0.717) is 11.3 Å². The molecule has 4 aromatic rings. The Labute approximate surface area is 186 Å². The van der Waals surface area contributed by atoms with Crippen LogP contribution in [0.1, 0.15) is 16.3 Å². The van der Waals surface area contributed by atoms with Gasteiger partial charge in [0, 0.05) is 11.1 Å². The maximum Gasteiger partial charge on any atom is 0.285 e. The number of nitrogens with one attached hydrogen (secondary N) is 2. The van der Waals surface area contributed by atoms with Crippen LogP contribution in [-0.2, 0) is 10.0 Å². The van der Waals surface area contributed by atoms with Gasteiger partial charge in [-0.25, -0.2) is 14.5 Å². The third-order valence-corrected chi connectivity index (χ3v) is 6.34. The number of fused-ring (bicyclic) bond motifs is 1. The van der Waals surface area contributed by atoms with Crippen LogP contribution in [0, 0.1) is 6.92 Å². The highest BCUT2D eigenvalue weighted by Crippen LogP contribution is 2.20. The number of aromatic amines is 1. The lowest BCUT2D eigenvalue weighted by Crippen LogP contribution is -2.29. The second-order valence-corrected chi connectivity index (χ2v) is 8.98. The Kier molecular flexibility index (Phi) is 5.83. The molecule has 0 radical (unpaired) electrons. The van der Waals surface area contributed by atoms with Gasteiger partial charge in [0.05, 0.1) is 13.3 Å². The first kappa shape index (κ1) is 21.4. The molecule has 0 bridgehead atoms. The van der Waals surface area contributed by atoms with E-state index < -0.39 is 20.5 Å². The average molecular weight is 472 g/mol. The van der Waals surface area contributed by atoms with E-state index in [0.717, 1.165) is 9.28 Å². The van der Waals surface area contributed by atoms with E-state index in [1.165, 1.54) is 23.8 Å². The van der Waals surface area contributed by atoms with Crippen LogP contribution in [0.15, 0.2) is 61.6 Å². The molecule has 0 saturated heterocycles. The summed E-state index contributed by atoms with van der Waals surface area (Å²) < 4.78 is 32.1. The standard InChI is InChI=1S/C19H17N7O4S2/c1-12-23-24-19-22-17(20-10-13-5-7-14(30-2)8-6-13)16(18(27)26(12)19)32(28,29)25-21-11-15-4-3-9-31-15/h3-11,25H,1-2H3,(H,22,24)/b20-10?,21-11+. The third-order valence-electron chi connectivity index (χ3n) is 4.29. The molecule has 0 aliphatic carbocycles. The number of aliphatic imine (C=N–C) groups is 1. The summed E-state index contributed by atoms with van der Waals surface area (Å²) in [5, 5.41) is 12.1. The van der Waals surface area contributed by atoms with E-state index >= 15 is 0 Å². The summed E-state index contributed by atoms with van der Waals surface area (Å²) in [5.74, 6) is 0.675. The van der Waals surface area contributed by atoms with Crippen molar-refractivity contribution in [3.05, 3.63) is 68.4 Å². The Hall–Kier alpha value is -3.84. The summed E-state index contributed by atoms with van der Waals surface area (Å²) in [5.41, 5.74) is -0.192. The van der Waals surface area contributed by atoms with Crippen molar-refractivity contribution in [3.8, 4) is 5.75 Å². The van der Waals surface area contributed by atoms with E-state index in [-0.39, 0.29) is 17.4 Å². The summed E-state index contributed by atoms with van der Waals surface area (Å²) in [4.78, 5) is 23.6. The normalized spacial score (nSPS) is 12.2. The molecule has 0 aliphatic heterocycles. The van der Waals surface area contributed by atoms with Gasteiger partial charge in [-0.15, -0.1) is 11.3 Å². The van der Waals surface area contributed by atoms with Gasteiger partial charge in [0.1, 0.15) is 11.6 Å². The number of benzene rings is 1. The smallest absolute Gasteiger partial charge is 0.285 e. The van der Waals surface area contributed by atoms with Crippen molar-refractivity contribution in [2.45, 2.75) is 11.8 Å². The van der Waals surface area contributed by atoms with Crippen molar-refractivity contribution in [3.63, 3.8) is 0 Å². The molecule has 0 atom stereocenters. The number of rotatable bonds is 7. The van der Waals surface area contributed by atoms with Crippen molar-refractivity contribution < 1.29 is 13.2 Å². The number of aromatic nitrogens is 4. The van der Waals surface area contributed by atoms with Crippen LogP contribution in [0.25, 0.3) is 5.78 Å². The van der Waals surface area contributed by atoms with Gasteiger partial charge in [-0.05, 0) is 48.2 Å². The predicted molar refractivity (Wildman–Crippen MR) is 121 cm³/mol. The molecule has 0 aliphatic rings. The quantitative estimate of drug-likeness (QED) is 0.311. The van der Waals surface area contributed by atoms with Gasteiger partial charge in [-0.2, -0.15) is 28.4 Å². The van der Waals surface area contributed by atoms with Crippen molar-refractivity contribution in [1.82, 2.24) is 24.4 Å². The van der Waals surface area contributed by atoms with Gasteiger partial charge in [-0.1, -0.05) is 6.07 Å². The molecule has 0 saturated carbocycles. The minimum Gasteiger partial charge on any atom is -0.497 e. The number of ether oxygens (including phenoxy) is 1. The molecule has 3 aromatic heterocycles. The lowest BCUT2D eigenvalue weighted by Gasteiger charge is -2.06. The van der Waals surface area contributed by atoms with Crippen LogP contribution in [-0.4, -0.2) is 47.5 Å². The third kappa shape index (κ3) is 4.29. The van der Waals surface area contributed by atoms with Crippen molar-refractivity contribution >= 4 is 45.4 Å². The first-order valence-electron chi connectivity index (χ1n) is 9.13. The predicted octanol–water partition coefficient (Wildman–Crippen LogP) is 1.86. The van der Waals surface area contributed by atoms with Crippen molar-refractivity contribution in [2.75, 3.05) is 7.11 Å². The number of sulfonamides is 1. The molecule has 4 rings (SSSR count). The number of thiophene rings is 1. The molecule has 2 N–H and O–H groups in total. The Balaban J connectivity index is 1.78. The van der Waals surface area contributed by atoms with Gasteiger partial charge in [0.15, 0.2) is 10.7 Å². The minimum atomic E-state index is -4.39. The zero-order valence-electron chi connectivity index (χ0n) is 16.9. The lowest BCUT2D eigenvalue weighted by atomic mass is 10.2. The van der Waals surface area contributed by atoms with Gasteiger partial charge in [0.2, 0.25) is 5.78 Å². The van der Waals surface area contributed by atoms with Crippen LogP contribution in [0.2, 0.25) is 0 Å². The van der Waals surface area contributed by atoms with Crippen molar-refractivity contribution in [1.29, 1.82) is 0 Å². The molecular formula is C19H17N7O4S2. The summed E-state index contributed by atoms with van der Waals surface area (Å²) >= 11 is 1.38. The van der Waals surface area contributed by atoms with E-state index in [4.69, 9.17) is 4.74 Å². The topological polar surface area (TPSA) is 143 Å². The van der Waals surface area contributed by atoms with E-state index in [1.807, 2.05) is 5.38 Å². The molecule has 0 amide bonds. The summed E-state index contributed by atoms with van der Waals surface area (Å²) in [7, 11) is -2.84. The average Bonchev–Trinajstić information content (AvgIpc) is 3.42. The van der Waals surface area contributed by atoms with Gasteiger partial charge in [-0.3, -0.25) is 4.79 Å². The molecule has 0 unspecified atom stereocenters. The van der Waals surface area contributed by atoms with Gasteiger partial charge < -0.3 is 4.74 Å². The molecule has 0 fully saturated rings. The molecule has 3 heterocycles. The number of hydrazone groups is 1. The summed E-state index contributed by atoms with van der Waals surface area (Å²) in [6.45, 7) is 1.55. The molecule has 0 spiro atoms. The van der Waals surface area contributed by atoms with Crippen LogP contribution >= 0.6 is 11.3 Å². The number of methoxy groups -OCH3 is 1. The highest BCUT2D eigenvalue weighted by Gasteiger charge is 2.27. The van der Waals surface area contributed by atoms with Crippen LogP contribution in [0.5, 0.6) is 5.75 Å². The second-order valence-electron chi connectivity index (χ2n) is 6.40. The van der Waals surface area contributed by atoms with Gasteiger partial charge >= 0.3 is 0 Å². The molecule has 164 valence electrons. The van der Waals surface area contributed by atoms with Crippen LogP contribution in [0.4, 0.5) is 5.82 Å². The first-order valence-corrected chi connectivity index (χ1v) is 11.5. The fourth-order valence-electron chi connectivity index (χ4n) is 2.77. The van der Waals surface area contributed by atoms with E-state index in [2.05, 4.69) is 30.1 Å². The Bertz CT molecular complexity index is 1470. The minimum absolute atomic E-state index is 0.0652. The van der Waals surface area contributed by atoms with Crippen LogP contribution in [0.3, 0.4) is 0 Å². The largest absolute Gasteiger partial charge is 0.497 e. The second kappa shape index (κ2) is 8.72. The SMILES string of the molecule is COc1ccc(C=Nc2nc3[nH]nc(C)n3c(=O)c2S(=O)(=O)N/N=C/c2cccs2)cc1. The summed E-state index contributed by atoms with van der Waals surface area (Å²) in [6.07, 6.45) is 2.74. The highest BCUT2D eigenvalue weighted by molar-refractivity contribution is 7.89. The Morgan fingerprint density at radius 2 is 2.00 bits per heavy atom. The number of H-pyrrole nitrogens is 1. The maximum atomic E-state index is 13.1. The molecule has 13 heteroatoms. The maximum absolute atomic E-state index is 13.1. The first-order chi connectivity index (χ1) is 15.4. The van der Waals surface area contributed by atoms with E-state index in [9.17, 15) is 13.2 Å².